The third-order valence-corrected chi connectivity index (χ3v) is 2.61. The second-order valence-corrected chi connectivity index (χ2v) is 4.09. The van der Waals surface area contributed by atoms with E-state index in [-0.39, 0.29) is 11.9 Å². The van der Waals surface area contributed by atoms with E-state index >= 15 is 0 Å². The number of hydrogen-bond donors (Lipinski definition) is 2. The summed E-state index contributed by atoms with van der Waals surface area (Å²) in [6, 6.07) is -0.0641. The second-order valence-electron chi connectivity index (χ2n) is 3.22. The van der Waals surface area contributed by atoms with E-state index in [0.717, 1.165) is 5.75 Å². The Kier molecular flexibility index (Phi) is 3.22. The van der Waals surface area contributed by atoms with Crippen LogP contribution in [0.2, 0.25) is 0 Å². The molecule has 7 heteroatoms. The maximum atomic E-state index is 10.9. The van der Waals surface area contributed by atoms with Crippen molar-refractivity contribution in [1.29, 1.82) is 0 Å². The lowest BCUT2D eigenvalue weighted by Gasteiger charge is -2.20. The van der Waals surface area contributed by atoms with Crippen LogP contribution in [0.3, 0.4) is 0 Å². The fourth-order valence-electron chi connectivity index (χ4n) is 1.34. The van der Waals surface area contributed by atoms with E-state index in [4.69, 9.17) is 4.52 Å². The Labute approximate surface area is 91.2 Å². The van der Waals surface area contributed by atoms with Crippen LogP contribution < -0.4 is 10.6 Å². The number of amides is 1. The van der Waals surface area contributed by atoms with E-state index in [1.54, 1.807) is 11.8 Å². The third kappa shape index (κ3) is 2.48. The molecule has 0 spiro atoms. The SMILES string of the molecule is CSCc1noc(C2CNC(=O)CN2)n1. The first-order valence-corrected chi connectivity index (χ1v) is 6.00. The summed E-state index contributed by atoms with van der Waals surface area (Å²) in [6.07, 6.45) is 1.98. The van der Waals surface area contributed by atoms with Crippen LogP contribution in [0.4, 0.5) is 0 Å². The highest BCUT2D eigenvalue weighted by atomic mass is 32.2. The monoisotopic (exact) mass is 228 g/mol. The minimum Gasteiger partial charge on any atom is -0.353 e. The van der Waals surface area contributed by atoms with Crippen LogP contribution in [-0.4, -0.2) is 35.4 Å². The van der Waals surface area contributed by atoms with Crippen LogP contribution in [0.15, 0.2) is 4.52 Å². The molecule has 6 nitrogen and oxygen atoms in total. The van der Waals surface area contributed by atoms with Crippen molar-refractivity contribution in [1.82, 2.24) is 20.8 Å². The van der Waals surface area contributed by atoms with Gasteiger partial charge in [-0.2, -0.15) is 16.7 Å². The van der Waals surface area contributed by atoms with Crippen LogP contribution in [0.1, 0.15) is 17.8 Å². The molecule has 0 aromatic carbocycles. The molecule has 0 radical (unpaired) electrons. The van der Waals surface area contributed by atoms with Crippen LogP contribution in [-0.2, 0) is 10.5 Å². The van der Waals surface area contributed by atoms with Gasteiger partial charge in [0.25, 0.3) is 0 Å². The number of piperazine rings is 1. The number of carbonyl (C=O) groups is 1. The van der Waals surface area contributed by atoms with Crippen molar-refractivity contribution in [3.05, 3.63) is 11.7 Å². The van der Waals surface area contributed by atoms with Crippen molar-refractivity contribution in [2.75, 3.05) is 19.3 Å². The maximum absolute atomic E-state index is 10.9. The van der Waals surface area contributed by atoms with E-state index in [1.807, 2.05) is 6.26 Å². The highest BCUT2D eigenvalue weighted by Gasteiger charge is 2.23. The Morgan fingerprint density at radius 3 is 3.20 bits per heavy atom. The molecule has 1 atom stereocenters. The maximum Gasteiger partial charge on any atom is 0.245 e. The smallest absolute Gasteiger partial charge is 0.245 e. The number of nitrogens with zero attached hydrogens (tertiary/aromatic N) is 2. The Hall–Kier alpha value is -1.08. The zero-order valence-electron chi connectivity index (χ0n) is 8.32. The van der Waals surface area contributed by atoms with Gasteiger partial charge in [0.2, 0.25) is 11.8 Å². The quantitative estimate of drug-likeness (QED) is 0.739. The minimum absolute atomic E-state index is 0.00453. The van der Waals surface area contributed by atoms with E-state index < -0.39 is 0 Å². The molecular weight excluding hydrogens is 216 g/mol. The van der Waals surface area contributed by atoms with Gasteiger partial charge in [0, 0.05) is 6.54 Å². The highest BCUT2D eigenvalue weighted by Crippen LogP contribution is 2.13. The topological polar surface area (TPSA) is 80.0 Å². The van der Waals surface area contributed by atoms with Crippen molar-refractivity contribution in [2.45, 2.75) is 11.8 Å². The van der Waals surface area contributed by atoms with Crippen molar-refractivity contribution >= 4 is 17.7 Å². The van der Waals surface area contributed by atoms with Gasteiger partial charge in [-0.3, -0.25) is 10.1 Å². The lowest BCUT2D eigenvalue weighted by Crippen LogP contribution is -2.47. The average Bonchev–Trinajstić information content (AvgIpc) is 2.68. The lowest BCUT2D eigenvalue weighted by atomic mass is 10.2. The zero-order valence-corrected chi connectivity index (χ0v) is 9.13. The van der Waals surface area contributed by atoms with Crippen LogP contribution in [0.25, 0.3) is 0 Å². The third-order valence-electron chi connectivity index (χ3n) is 2.07. The van der Waals surface area contributed by atoms with Crippen molar-refractivity contribution < 1.29 is 9.32 Å². The largest absolute Gasteiger partial charge is 0.353 e. The molecule has 1 aliphatic rings. The lowest BCUT2D eigenvalue weighted by molar-refractivity contribution is -0.121. The molecule has 15 heavy (non-hydrogen) atoms. The van der Waals surface area contributed by atoms with Gasteiger partial charge in [0.1, 0.15) is 6.04 Å². The van der Waals surface area contributed by atoms with Gasteiger partial charge in [0.15, 0.2) is 5.82 Å². The molecule has 1 unspecified atom stereocenters. The van der Waals surface area contributed by atoms with Crippen LogP contribution in [0, 0.1) is 0 Å². The van der Waals surface area contributed by atoms with Crippen molar-refractivity contribution in [3.63, 3.8) is 0 Å². The summed E-state index contributed by atoms with van der Waals surface area (Å²) in [5.74, 6) is 1.97. The minimum atomic E-state index is -0.0641. The van der Waals surface area contributed by atoms with Gasteiger partial charge in [0.05, 0.1) is 12.3 Å². The van der Waals surface area contributed by atoms with E-state index in [2.05, 4.69) is 20.8 Å². The Bertz CT molecular complexity index is 344. The molecule has 2 rings (SSSR count). The molecule has 82 valence electrons. The van der Waals surface area contributed by atoms with Gasteiger partial charge in [-0.15, -0.1) is 0 Å². The molecule has 2 N–H and O–H groups in total. The molecule has 1 amide bonds. The van der Waals surface area contributed by atoms with Crippen molar-refractivity contribution in [2.24, 2.45) is 0 Å². The summed E-state index contributed by atoms with van der Waals surface area (Å²) in [6.45, 7) is 0.796. The first-order chi connectivity index (χ1) is 7.29. The summed E-state index contributed by atoms with van der Waals surface area (Å²) < 4.78 is 5.10. The van der Waals surface area contributed by atoms with Crippen molar-refractivity contribution in [3.8, 4) is 0 Å². The summed E-state index contributed by atoms with van der Waals surface area (Å²) in [7, 11) is 0. The van der Waals surface area contributed by atoms with Gasteiger partial charge in [-0.1, -0.05) is 5.16 Å². The fraction of sp³-hybridized carbons (Fsp3) is 0.625. The number of carbonyl (C=O) groups excluding carboxylic acids is 1. The molecule has 2 heterocycles. The van der Waals surface area contributed by atoms with Gasteiger partial charge in [-0.05, 0) is 6.26 Å². The second kappa shape index (κ2) is 4.63. The van der Waals surface area contributed by atoms with Gasteiger partial charge < -0.3 is 9.84 Å². The highest BCUT2D eigenvalue weighted by molar-refractivity contribution is 7.97. The standard InChI is InChI=1S/C8H12N4O2S/c1-15-4-6-11-8(14-12-6)5-2-10-7(13)3-9-5/h5,9H,2-4H2,1H3,(H,10,13). The molecule has 1 aliphatic heterocycles. The number of aromatic nitrogens is 2. The van der Waals surface area contributed by atoms with E-state index in [1.165, 1.54) is 0 Å². The normalized spacial score (nSPS) is 21.4. The molecule has 0 bridgehead atoms. The summed E-state index contributed by atoms with van der Waals surface area (Å²) in [5, 5.41) is 9.60. The molecular formula is C8H12N4O2S. The average molecular weight is 228 g/mol. The molecule has 1 saturated heterocycles. The Morgan fingerprint density at radius 2 is 2.53 bits per heavy atom. The summed E-state index contributed by atoms with van der Waals surface area (Å²) in [5.41, 5.74) is 0. The zero-order chi connectivity index (χ0) is 10.7. The predicted molar refractivity (Wildman–Crippen MR) is 55.3 cm³/mol. The molecule has 1 aromatic rings. The molecule has 0 aliphatic carbocycles. The number of rotatable bonds is 3. The van der Waals surface area contributed by atoms with Gasteiger partial charge in [-0.25, -0.2) is 0 Å². The summed E-state index contributed by atoms with van der Waals surface area (Å²) >= 11 is 1.64. The molecule has 1 aromatic heterocycles. The Balaban J connectivity index is 1.99. The molecule has 0 saturated carbocycles. The van der Waals surface area contributed by atoms with Crippen LogP contribution >= 0.6 is 11.8 Å². The molecule has 1 fully saturated rings. The van der Waals surface area contributed by atoms with Crippen LogP contribution in [0.5, 0.6) is 0 Å². The van der Waals surface area contributed by atoms with Gasteiger partial charge >= 0.3 is 0 Å². The predicted octanol–water partition coefficient (Wildman–Crippen LogP) is -0.307. The Morgan fingerprint density at radius 1 is 1.67 bits per heavy atom. The fourth-order valence-corrected chi connectivity index (χ4v) is 1.71. The summed E-state index contributed by atoms with van der Waals surface area (Å²) in [4.78, 5) is 15.1. The number of hydrogen-bond acceptors (Lipinski definition) is 6. The van der Waals surface area contributed by atoms with E-state index in [0.29, 0.717) is 24.8 Å². The first kappa shape index (κ1) is 10.4. The number of thioether (sulfide) groups is 1. The van der Waals surface area contributed by atoms with E-state index in [9.17, 15) is 4.79 Å². The first-order valence-electron chi connectivity index (χ1n) is 4.61. The number of nitrogens with one attached hydrogen (secondary N) is 2.